The van der Waals surface area contributed by atoms with Crippen LogP contribution in [0.15, 0.2) is 42.6 Å². The van der Waals surface area contributed by atoms with Crippen LogP contribution in [0.25, 0.3) is 10.9 Å². The fraction of sp³-hybridized carbons (Fsp3) is 0. The summed E-state index contributed by atoms with van der Waals surface area (Å²) in [5.74, 6) is 0. The Morgan fingerprint density at radius 2 is 1.64 bits per heavy atom. The molecule has 1 nitrogen and oxygen atoms in total. The van der Waals surface area contributed by atoms with E-state index in [1.165, 1.54) is 5.39 Å². The minimum Gasteiger partial charge on any atom is -0.256 e. The molecule has 0 fully saturated rings. The van der Waals surface area contributed by atoms with Crippen molar-refractivity contribution in [2.75, 3.05) is 0 Å². The second-order valence-electron chi connectivity index (χ2n) is 2.20. The van der Waals surface area contributed by atoms with Crippen molar-refractivity contribution >= 4 is 19.3 Å². The van der Waals surface area contributed by atoms with E-state index in [0.717, 1.165) is 5.52 Å². The van der Waals surface area contributed by atoms with Crippen LogP contribution in [0.4, 0.5) is 0 Å². The second kappa shape index (κ2) is 3.19. The Balaban J connectivity index is 0.000000605. The van der Waals surface area contributed by atoms with Crippen molar-refractivity contribution < 1.29 is 0 Å². The first-order valence-corrected chi connectivity index (χ1v) is 3.26. The van der Waals surface area contributed by atoms with Gasteiger partial charge in [0.15, 0.2) is 0 Å². The molecule has 0 spiro atoms. The van der Waals surface area contributed by atoms with Crippen molar-refractivity contribution in [3.8, 4) is 0 Å². The number of aromatic nitrogens is 1. The lowest BCUT2D eigenvalue weighted by Crippen LogP contribution is -1.73. The predicted octanol–water partition coefficient (Wildman–Crippen LogP) is 1.85. The minimum atomic E-state index is 0. The summed E-state index contributed by atoms with van der Waals surface area (Å²) >= 11 is 0. The first-order chi connectivity index (χ1) is 4.97. The van der Waals surface area contributed by atoms with Gasteiger partial charge in [-0.2, -0.15) is 0 Å². The third-order valence-electron chi connectivity index (χ3n) is 1.51. The maximum Gasteiger partial charge on any atom is 0.0701 e. The zero-order valence-electron chi connectivity index (χ0n) is 6.07. The molecule has 0 atom stereocenters. The zero-order valence-corrected chi connectivity index (χ0v) is 6.07. The lowest BCUT2D eigenvalue weighted by atomic mass is 10.2. The molecule has 0 amide bonds. The Labute approximate surface area is 67.7 Å². The van der Waals surface area contributed by atoms with Gasteiger partial charge < -0.3 is 0 Å². The fourth-order valence-corrected chi connectivity index (χ4v) is 1.02. The predicted molar refractivity (Wildman–Crippen MR) is 47.5 cm³/mol. The smallest absolute Gasteiger partial charge is 0.0701 e. The molecule has 0 N–H and O–H groups in total. The highest BCUT2D eigenvalue weighted by Crippen LogP contribution is 2.07. The van der Waals surface area contributed by atoms with E-state index < -0.39 is 0 Å². The highest BCUT2D eigenvalue weighted by molar-refractivity contribution is 5.77. The lowest BCUT2D eigenvalue weighted by Gasteiger charge is -1.91. The first kappa shape index (κ1) is 7.80. The molecule has 0 aliphatic heterocycles. The van der Waals surface area contributed by atoms with Crippen LogP contribution in [0.1, 0.15) is 0 Å². The number of nitrogens with zero attached hydrogens (tertiary/aromatic N) is 1. The number of hydrogen-bond acceptors (Lipinski definition) is 1. The van der Waals surface area contributed by atoms with E-state index in [1.54, 1.807) is 0 Å². The van der Waals surface area contributed by atoms with Crippen LogP contribution in [0.5, 0.6) is 0 Å². The number of para-hydroxylation sites is 1. The van der Waals surface area contributed by atoms with E-state index in [9.17, 15) is 0 Å². The van der Waals surface area contributed by atoms with Gasteiger partial charge in [0.05, 0.1) is 5.52 Å². The topological polar surface area (TPSA) is 12.9 Å². The molecule has 0 saturated heterocycles. The monoisotopic (exact) mass is 140 g/mol. The summed E-state index contributed by atoms with van der Waals surface area (Å²) < 4.78 is 0. The van der Waals surface area contributed by atoms with Crippen molar-refractivity contribution in [2.24, 2.45) is 0 Å². The average Bonchev–Trinajstić information content (AvgIpc) is 2.05. The molecule has 1 heterocycles. The largest absolute Gasteiger partial charge is 0.256 e. The van der Waals surface area contributed by atoms with Gasteiger partial charge >= 0.3 is 0 Å². The van der Waals surface area contributed by atoms with Gasteiger partial charge in [-0.3, -0.25) is 4.98 Å². The van der Waals surface area contributed by atoms with E-state index in [0.29, 0.717) is 0 Å². The molecule has 1 aromatic carbocycles. The molecule has 0 aliphatic rings. The summed E-state index contributed by atoms with van der Waals surface area (Å²) in [6, 6.07) is 12.1. The van der Waals surface area contributed by atoms with Gasteiger partial charge in [0, 0.05) is 20.0 Å². The Morgan fingerprint density at radius 3 is 2.45 bits per heavy atom. The molecule has 1 aromatic heterocycles. The average molecular weight is 140 g/mol. The molecule has 51 valence electrons. The van der Waals surface area contributed by atoms with Crippen LogP contribution in [-0.2, 0) is 0 Å². The Hall–Kier alpha value is -1.31. The molecule has 0 aliphatic carbocycles. The zero-order chi connectivity index (χ0) is 6.81. The van der Waals surface area contributed by atoms with Gasteiger partial charge in [0.25, 0.3) is 0 Å². The van der Waals surface area contributed by atoms with Gasteiger partial charge in [0.2, 0.25) is 0 Å². The van der Waals surface area contributed by atoms with E-state index in [1.807, 2.05) is 30.5 Å². The fourth-order valence-electron chi connectivity index (χ4n) is 1.02. The molecule has 11 heavy (non-hydrogen) atoms. The lowest BCUT2D eigenvalue weighted by molar-refractivity contribution is 1.41. The number of rotatable bonds is 0. The summed E-state index contributed by atoms with van der Waals surface area (Å²) in [6.07, 6.45) is 1.81. The summed E-state index contributed by atoms with van der Waals surface area (Å²) in [5.41, 5.74) is 1.06. The Morgan fingerprint density at radius 1 is 0.909 bits per heavy atom. The molecule has 0 bridgehead atoms. The molecule has 2 heteroatoms. The van der Waals surface area contributed by atoms with Crippen LogP contribution in [-0.4, -0.2) is 13.4 Å². The SMILES string of the molecule is [B].c1ccc2ncccc2c1. The maximum absolute atomic E-state index is 4.18. The standard InChI is InChI=1S/C9H7N.B/c1-2-6-9-8(4-1)5-3-7-10-9;/h1-7H;. The molecule has 3 radical (unpaired) electrons. The molecule has 2 rings (SSSR count). The van der Waals surface area contributed by atoms with E-state index in [-0.39, 0.29) is 8.41 Å². The Bertz CT molecular complexity index is 281. The molecule has 0 saturated carbocycles. The molecule has 0 unspecified atom stereocenters. The van der Waals surface area contributed by atoms with Crippen LogP contribution in [0.2, 0.25) is 0 Å². The van der Waals surface area contributed by atoms with Crippen molar-refractivity contribution in [1.29, 1.82) is 0 Å². The molecule has 2 aromatic rings. The van der Waals surface area contributed by atoms with Crippen LogP contribution in [0, 0.1) is 0 Å². The molecular formula is C9H7BN. The molecular weight excluding hydrogens is 133 g/mol. The van der Waals surface area contributed by atoms with Gasteiger partial charge in [-0.15, -0.1) is 0 Å². The second-order valence-corrected chi connectivity index (χ2v) is 2.20. The van der Waals surface area contributed by atoms with E-state index in [2.05, 4.69) is 17.1 Å². The van der Waals surface area contributed by atoms with Crippen molar-refractivity contribution in [3.05, 3.63) is 42.6 Å². The number of pyridine rings is 1. The normalized spacial score (nSPS) is 9.09. The summed E-state index contributed by atoms with van der Waals surface area (Å²) in [4.78, 5) is 4.18. The number of benzene rings is 1. The van der Waals surface area contributed by atoms with Crippen LogP contribution in [0.3, 0.4) is 0 Å². The third kappa shape index (κ3) is 1.40. The van der Waals surface area contributed by atoms with Crippen LogP contribution >= 0.6 is 0 Å². The number of fused-ring (bicyclic) bond motifs is 1. The van der Waals surface area contributed by atoms with Gasteiger partial charge in [-0.05, 0) is 12.1 Å². The quantitative estimate of drug-likeness (QED) is 0.509. The van der Waals surface area contributed by atoms with Crippen molar-refractivity contribution in [2.45, 2.75) is 0 Å². The maximum atomic E-state index is 4.18. The van der Waals surface area contributed by atoms with E-state index in [4.69, 9.17) is 0 Å². The summed E-state index contributed by atoms with van der Waals surface area (Å²) in [6.45, 7) is 0. The van der Waals surface area contributed by atoms with Gasteiger partial charge in [-0.25, -0.2) is 0 Å². The Kier molecular flexibility index (Phi) is 2.26. The van der Waals surface area contributed by atoms with Gasteiger partial charge in [0.1, 0.15) is 0 Å². The summed E-state index contributed by atoms with van der Waals surface area (Å²) in [5, 5.41) is 1.20. The minimum absolute atomic E-state index is 0. The van der Waals surface area contributed by atoms with Crippen LogP contribution < -0.4 is 0 Å². The highest BCUT2D eigenvalue weighted by atomic mass is 14.6. The third-order valence-corrected chi connectivity index (χ3v) is 1.51. The van der Waals surface area contributed by atoms with E-state index >= 15 is 0 Å². The summed E-state index contributed by atoms with van der Waals surface area (Å²) in [7, 11) is 0. The van der Waals surface area contributed by atoms with Gasteiger partial charge in [-0.1, -0.05) is 24.3 Å². The van der Waals surface area contributed by atoms with Crippen molar-refractivity contribution in [1.82, 2.24) is 4.98 Å². The number of hydrogen-bond donors (Lipinski definition) is 0. The first-order valence-electron chi connectivity index (χ1n) is 3.26. The van der Waals surface area contributed by atoms with Crippen molar-refractivity contribution in [3.63, 3.8) is 0 Å². The highest BCUT2D eigenvalue weighted by Gasteiger charge is 1.86.